The van der Waals surface area contributed by atoms with Crippen molar-refractivity contribution in [2.45, 2.75) is 25.8 Å². The first-order valence-electron chi connectivity index (χ1n) is 5.39. The topological polar surface area (TPSA) is 18.5 Å². The molecule has 0 heterocycles. The second-order valence-corrected chi connectivity index (χ2v) is 5.03. The molecule has 0 aliphatic carbocycles. The van der Waals surface area contributed by atoms with Gasteiger partial charge in [-0.05, 0) is 61.5 Å². The molecule has 1 N–H and O–H groups in total. The van der Waals surface area contributed by atoms with Crippen molar-refractivity contribution in [2.75, 3.05) is 47.8 Å². The Morgan fingerprint density at radius 1 is 1.07 bits per heavy atom. The summed E-state index contributed by atoms with van der Waals surface area (Å²) in [6.07, 6.45) is 1.24. The molecule has 86 valence electrons. The lowest BCUT2D eigenvalue weighted by molar-refractivity contribution is 0.233. The van der Waals surface area contributed by atoms with Crippen molar-refractivity contribution in [3.05, 3.63) is 0 Å². The van der Waals surface area contributed by atoms with Gasteiger partial charge < -0.3 is 15.1 Å². The van der Waals surface area contributed by atoms with Crippen molar-refractivity contribution < 1.29 is 0 Å². The molecule has 0 saturated heterocycles. The van der Waals surface area contributed by atoms with Crippen LogP contribution in [0.4, 0.5) is 0 Å². The van der Waals surface area contributed by atoms with E-state index in [2.05, 4.69) is 50.1 Å². The molecule has 0 atom stereocenters. The molecule has 0 fully saturated rings. The third kappa shape index (κ3) is 7.30. The van der Waals surface area contributed by atoms with E-state index in [0.717, 1.165) is 6.54 Å². The molecule has 0 aromatic heterocycles. The summed E-state index contributed by atoms with van der Waals surface area (Å²) in [5.41, 5.74) is 0.215. The SMILES string of the molecule is CNC(C)(C)CN(C)CCCN(C)C. The predicted octanol–water partition coefficient (Wildman–Crippen LogP) is 0.868. The molecule has 0 saturated carbocycles. The van der Waals surface area contributed by atoms with Gasteiger partial charge in [0, 0.05) is 12.1 Å². The summed E-state index contributed by atoms with van der Waals surface area (Å²) in [4.78, 5) is 4.62. The fraction of sp³-hybridized carbons (Fsp3) is 1.00. The quantitative estimate of drug-likeness (QED) is 0.659. The zero-order chi connectivity index (χ0) is 11.2. The van der Waals surface area contributed by atoms with E-state index in [0.29, 0.717) is 0 Å². The number of nitrogens with zero attached hydrogens (tertiary/aromatic N) is 2. The maximum atomic E-state index is 3.32. The molecule has 0 aromatic rings. The monoisotopic (exact) mass is 201 g/mol. The fourth-order valence-corrected chi connectivity index (χ4v) is 1.49. The van der Waals surface area contributed by atoms with Gasteiger partial charge in [0.05, 0.1) is 0 Å². The summed E-state index contributed by atoms with van der Waals surface area (Å²) in [5, 5.41) is 3.32. The van der Waals surface area contributed by atoms with Gasteiger partial charge in [-0.1, -0.05) is 0 Å². The number of hydrogen-bond acceptors (Lipinski definition) is 3. The molecule has 0 bridgehead atoms. The molecule has 0 amide bonds. The molecule has 0 aromatic carbocycles. The standard InChI is InChI=1S/C11H27N3/c1-11(2,12-3)10-14(6)9-7-8-13(4)5/h12H,7-10H2,1-6H3. The van der Waals surface area contributed by atoms with Crippen LogP contribution in [0.25, 0.3) is 0 Å². The van der Waals surface area contributed by atoms with Crippen molar-refractivity contribution in [1.29, 1.82) is 0 Å². The van der Waals surface area contributed by atoms with E-state index in [1.165, 1.54) is 19.5 Å². The van der Waals surface area contributed by atoms with Crippen LogP contribution in [0.3, 0.4) is 0 Å². The molecule has 3 nitrogen and oxygen atoms in total. The number of nitrogens with one attached hydrogen (secondary N) is 1. The summed E-state index contributed by atoms with van der Waals surface area (Å²) >= 11 is 0. The lowest BCUT2D eigenvalue weighted by Crippen LogP contribution is -2.46. The van der Waals surface area contributed by atoms with Gasteiger partial charge >= 0.3 is 0 Å². The van der Waals surface area contributed by atoms with Crippen LogP contribution in [-0.4, -0.2) is 63.2 Å². The highest BCUT2D eigenvalue weighted by Crippen LogP contribution is 2.03. The zero-order valence-electron chi connectivity index (χ0n) is 10.7. The smallest absolute Gasteiger partial charge is 0.0249 e. The normalized spacial score (nSPS) is 12.9. The van der Waals surface area contributed by atoms with Crippen molar-refractivity contribution in [3.8, 4) is 0 Å². The van der Waals surface area contributed by atoms with E-state index >= 15 is 0 Å². The Labute approximate surface area is 89.5 Å². The highest BCUT2D eigenvalue weighted by molar-refractivity contribution is 4.78. The van der Waals surface area contributed by atoms with E-state index in [4.69, 9.17) is 0 Å². The van der Waals surface area contributed by atoms with Gasteiger partial charge in [-0.3, -0.25) is 0 Å². The zero-order valence-corrected chi connectivity index (χ0v) is 10.7. The Morgan fingerprint density at radius 2 is 1.64 bits per heavy atom. The maximum absolute atomic E-state index is 3.32. The largest absolute Gasteiger partial charge is 0.314 e. The van der Waals surface area contributed by atoms with Crippen LogP contribution < -0.4 is 5.32 Å². The average Bonchev–Trinajstić information content (AvgIpc) is 2.02. The van der Waals surface area contributed by atoms with Gasteiger partial charge in [0.25, 0.3) is 0 Å². The third-order valence-corrected chi connectivity index (χ3v) is 2.49. The summed E-state index contributed by atoms with van der Waals surface area (Å²) < 4.78 is 0. The highest BCUT2D eigenvalue weighted by Gasteiger charge is 2.16. The first-order valence-corrected chi connectivity index (χ1v) is 5.39. The average molecular weight is 201 g/mol. The van der Waals surface area contributed by atoms with E-state index < -0.39 is 0 Å². The van der Waals surface area contributed by atoms with Gasteiger partial charge in [0.15, 0.2) is 0 Å². The first-order chi connectivity index (χ1) is 6.37. The Hall–Kier alpha value is -0.120. The van der Waals surface area contributed by atoms with E-state index in [1.54, 1.807) is 0 Å². The Morgan fingerprint density at radius 3 is 2.07 bits per heavy atom. The molecule has 0 spiro atoms. The van der Waals surface area contributed by atoms with Crippen LogP contribution in [0, 0.1) is 0 Å². The number of hydrogen-bond donors (Lipinski definition) is 1. The van der Waals surface area contributed by atoms with Gasteiger partial charge in [-0.2, -0.15) is 0 Å². The number of likely N-dealkylation sites (N-methyl/N-ethyl adjacent to an activating group) is 2. The summed E-state index contributed by atoms with van der Waals surface area (Å²) in [7, 11) is 8.46. The fourth-order valence-electron chi connectivity index (χ4n) is 1.49. The van der Waals surface area contributed by atoms with Crippen LogP contribution in [0.5, 0.6) is 0 Å². The van der Waals surface area contributed by atoms with Gasteiger partial charge in [-0.15, -0.1) is 0 Å². The minimum atomic E-state index is 0.215. The molecule has 0 radical (unpaired) electrons. The van der Waals surface area contributed by atoms with Crippen LogP contribution in [-0.2, 0) is 0 Å². The molecule has 3 heteroatoms. The van der Waals surface area contributed by atoms with E-state index in [-0.39, 0.29) is 5.54 Å². The molecule has 0 aliphatic rings. The van der Waals surface area contributed by atoms with E-state index in [1.807, 2.05) is 7.05 Å². The summed E-state index contributed by atoms with van der Waals surface area (Å²) in [6.45, 7) is 7.90. The maximum Gasteiger partial charge on any atom is 0.0249 e. The highest BCUT2D eigenvalue weighted by atomic mass is 15.1. The summed E-state index contributed by atoms with van der Waals surface area (Å²) in [6, 6.07) is 0. The molecular formula is C11H27N3. The van der Waals surface area contributed by atoms with Gasteiger partial charge in [-0.25, -0.2) is 0 Å². The van der Waals surface area contributed by atoms with Crippen molar-refractivity contribution in [1.82, 2.24) is 15.1 Å². The van der Waals surface area contributed by atoms with Crippen molar-refractivity contribution in [2.24, 2.45) is 0 Å². The van der Waals surface area contributed by atoms with Crippen molar-refractivity contribution >= 4 is 0 Å². The van der Waals surface area contributed by atoms with E-state index in [9.17, 15) is 0 Å². The minimum Gasteiger partial charge on any atom is -0.314 e. The third-order valence-electron chi connectivity index (χ3n) is 2.49. The minimum absolute atomic E-state index is 0.215. The Balaban J connectivity index is 3.60. The number of rotatable bonds is 7. The molecule has 0 aliphatic heterocycles. The van der Waals surface area contributed by atoms with Crippen LogP contribution >= 0.6 is 0 Å². The molecule has 0 unspecified atom stereocenters. The lowest BCUT2D eigenvalue weighted by atomic mass is 10.1. The summed E-state index contributed by atoms with van der Waals surface area (Å²) in [5.74, 6) is 0. The second kappa shape index (κ2) is 6.38. The molecule has 0 rings (SSSR count). The first kappa shape index (κ1) is 13.9. The predicted molar refractivity (Wildman–Crippen MR) is 63.8 cm³/mol. The van der Waals surface area contributed by atoms with Crippen LogP contribution in [0.15, 0.2) is 0 Å². The van der Waals surface area contributed by atoms with Gasteiger partial charge in [0.1, 0.15) is 0 Å². The lowest BCUT2D eigenvalue weighted by Gasteiger charge is -2.30. The van der Waals surface area contributed by atoms with Gasteiger partial charge in [0.2, 0.25) is 0 Å². The second-order valence-electron chi connectivity index (χ2n) is 5.03. The van der Waals surface area contributed by atoms with Crippen LogP contribution in [0.1, 0.15) is 20.3 Å². The Kier molecular flexibility index (Phi) is 6.33. The molecule has 14 heavy (non-hydrogen) atoms. The Bertz CT molecular complexity index is 143. The molecular weight excluding hydrogens is 174 g/mol. The van der Waals surface area contributed by atoms with Crippen molar-refractivity contribution in [3.63, 3.8) is 0 Å². The van der Waals surface area contributed by atoms with Crippen LogP contribution in [0.2, 0.25) is 0 Å².